The smallest absolute Gasteiger partial charge is 0.166 e. The van der Waals surface area contributed by atoms with Gasteiger partial charge in [0.1, 0.15) is 11.5 Å². The topological polar surface area (TPSA) is 43.4 Å². The number of ketones is 2. The first-order valence-electron chi connectivity index (χ1n) is 7.60. The molecule has 3 heteroatoms. The number of ether oxygens (including phenoxy) is 1. The van der Waals surface area contributed by atoms with E-state index in [9.17, 15) is 9.59 Å². The highest BCUT2D eigenvalue weighted by atomic mass is 16.5. The van der Waals surface area contributed by atoms with Crippen molar-refractivity contribution in [1.29, 1.82) is 0 Å². The summed E-state index contributed by atoms with van der Waals surface area (Å²) in [6.07, 6.45) is 5.18. The molecule has 0 spiro atoms. The lowest BCUT2D eigenvalue weighted by molar-refractivity contribution is -0.129. The zero-order valence-corrected chi connectivity index (χ0v) is 12.7. The number of allylic oxidation sites excluding steroid dienone is 2. The molecule has 0 radical (unpaired) electrons. The molecule has 0 unspecified atom stereocenters. The maximum absolute atomic E-state index is 11.9. The number of hydrogen-bond acceptors (Lipinski definition) is 3. The third-order valence-electron chi connectivity index (χ3n) is 3.84. The molecule has 0 aliphatic heterocycles. The molecule has 1 aromatic rings. The number of carbonyl (C=O) groups is 2. The van der Waals surface area contributed by atoms with Crippen LogP contribution >= 0.6 is 0 Å². The van der Waals surface area contributed by atoms with Crippen molar-refractivity contribution in [2.24, 2.45) is 5.92 Å². The van der Waals surface area contributed by atoms with Crippen LogP contribution in [0.25, 0.3) is 5.57 Å². The van der Waals surface area contributed by atoms with Crippen molar-refractivity contribution in [2.45, 2.75) is 39.5 Å². The molecule has 0 saturated heterocycles. The number of carbonyl (C=O) groups excluding carboxylic acids is 2. The van der Waals surface area contributed by atoms with E-state index in [0.717, 1.165) is 42.8 Å². The van der Waals surface area contributed by atoms with Crippen molar-refractivity contribution < 1.29 is 14.3 Å². The van der Waals surface area contributed by atoms with Gasteiger partial charge in [0.25, 0.3) is 0 Å². The molecule has 0 fully saturated rings. The van der Waals surface area contributed by atoms with Gasteiger partial charge in [-0.25, -0.2) is 0 Å². The fourth-order valence-corrected chi connectivity index (χ4v) is 2.52. The van der Waals surface area contributed by atoms with E-state index in [2.05, 4.69) is 6.92 Å². The van der Waals surface area contributed by atoms with Crippen molar-refractivity contribution in [3.63, 3.8) is 0 Å². The van der Waals surface area contributed by atoms with Gasteiger partial charge in [0.15, 0.2) is 5.78 Å². The Morgan fingerprint density at radius 3 is 2.57 bits per heavy atom. The van der Waals surface area contributed by atoms with E-state index in [1.165, 1.54) is 6.92 Å². The van der Waals surface area contributed by atoms with Crippen LogP contribution in [0.5, 0.6) is 5.75 Å². The quantitative estimate of drug-likeness (QED) is 0.590. The van der Waals surface area contributed by atoms with E-state index in [4.69, 9.17) is 4.74 Å². The molecule has 112 valence electrons. The van der Waals surface area contributed by atoms with Crippen LogP contribution in [-0.2, 0) is 9.59 Å². The van der Waals surface area contributed by atoms with E-state index < -0.39 is 5.92 Å². The summed E-state index contributed by atoms with van der Waals surface area (Å²) >= 11 is 0. The lowest BCUT2D eigenvalue weighted by Crippen LogP contribution is -2.23. The first-order chi connectivity index (χ1) is 10.1. The fourth-order valence-electron chi connectivity index (χ4n) is 2.52. The molecule has 1 aromatic carbocycles. The van der Waals surface area contributed by atoms with E-state index in [1.807, 2.05) is 24.3 Å². The van der Waals surface area contributed by atoms with Gasteiger partial charge in [0, 0.05) is 0 Å². The minimum Gasteiger partial charge on any atom is -0.494 e. The number of rotatable bonds is 6. The molecule has 1 aliphatic rings. The average molecular weight is 286 g/mol. The average Bonchev–Trinajstić information content (AvgIpc) is 2.48. The zero-order valence-electron chi connectivity index (χ0n) is 12.7. The minimum absolute atomic E-state index is 0.0324. The number of hydrogen-bond donors (Lipinski definition) is 0. The van der Waals surface area contributed by atoms with E-state index in [-0.39, 0.29) is 11.6 Å². The van der Waals surface area contributed by atoms with Crippen molar-refractivity contribution >= 4 is 17.1 Å². The lowest BCUT2D eigenvalue weighted by atomic mass is 9.84. The second kappa shape index (κ2) is 7.21. The Bertz CT molecular complexity index is 540. The van der Waals surface area contributed by atoms with Crippen molar-refractivity contribution in [1.82, 2.24) is 0 Å². The van der Waals surface area contributed by atoms with Crippen molar-refractivity contribution in [3.8, 4) is 5.75 Å². The van der Waals surface area contributed by atoms with Gasteiger partial charge in [0.2, 0.25) is 0 Å². The summed E-state index contributed by atoms with van der Waals surface area (Å²) in [6, 6.07) is 7.84. The highest BCUT2D eigenvalue weighted by Gasteiger charge is 2.26. The second-order valence-corrected chi connectivity index (χ2v) is 5.50. The summed E-state index contributed by atoms with van der Waals surface area (Å²) in [5.41, 5.74) is 2.05. The van der Waals surface area contributed by atoms with Crippen LogP contribution in [0.3, 0.4) is 0 Å². The number of unbranched alkanes of at least 4 members (excludes halogenated alkanes) is 1. The van der Waals surface area contributed by atoms with Gasteiger partial charge in [-0.05, 0) is 55.5 Å². The zero-order chi connectivity index (χ0) is 15.2. The molecule has 1 aliphatic carbocycles. The molecule has 0 aromatic heterocycles. The summed E-state index contributed by atoms with van der Waals surface area (Å²) in [4.78, 5) is 23.3. The van der Waals surface area contributed by atoms with E-state index in [0.29, 0.717) is 6.42 Å². The normalized spacial score (nSPS) is 18.3. The summed E-state index contributed by atoms with van der Waals surface area (Å²) in [7, 11) is 0. The predicted octanol–water partition coefficient (Wildman–Crippen LogP) is 3.82. The Morgan fingerprint density at radius 1 is 1.29 bits per heavy atom. The molecule has 0 amide bonds. The summed E-state index contributed by atoms with van der Waals surface area (Å²) in [5.74, 6) is 0.323. The lowest BCUT2D eigenvalue weighted by Gasteiger charge is -2.19. The predicted molar refractivity (Wildman–Crippen MR) is 83.2 cm³/mol. The molecule has 3 nitrogen and oxygen atoms in total. The maximum Gasteiger partial charge on any atom is 0.166 e. The fraction of sp³-hybridized carbons (Fsp3) is 0.444. The third-order valence-corrected chi connectivity index (χ3v) is 3.84. The van der Waals surface area contributed by atoms with Crippen LogP contribution in [0.1, 0.15) is 45.1 Å². The minimum atomic E-state index is -0.439. The standard InChI is InChI=1S/C18H22O3/c1-3-4-11-21-16-8-5-14(6-9-16)15-7-10-17(13(2)19)18(20)12-15/h5-6,8-9,12,17H,3-4,7,10-11H2,1-2H3/t17-/m1/s1. The third kappa shape index (κ3) is 4.03. The Hall–Kier alpha value is -1.90. The van der Waals surface area contributed by atoms with Crippen LogP contribution < -0.4 is 4.74 Å². The first-order valence-corrected chi connectivity index (χ1v) is 7.60. The Kier molecular flexibility index (Phi) is 5.32. The molecule has 0 N–H and O–H groups in total. The van der Waals surface area contributed by atoms with Crippen molar-refractivity contribution in [2.75, 3.05) is 6.61 Å². The second-order valence-electron chi connectivity index (χ2n) is 5.50. The molecule has 0 heterocycles. The molecule has 21 heavy (non-hydrogen) atoms. The van der Waals surface area contributed by atoms with Gasteiger partial charge < -0.3 is 4.74 Å². The molecule has 0 saturated carbocycles. The van der Waals surface area contributed by atoms with Gasteiger partial charge in [-0.1, -0.05) is 25.5 Å². The Balaban J connectivity index is 2.04. The molecule has 0 bridgehead atoms. The molecule has 2 rings (SSSR count). The van der Waals surface area contributed by atoms with Crippen LogP contribution in [0.4, 0.5) is 0 Å². The summed E-state index contributed by atoms with van der Waals surface area (Å²) < 4.78 is 5.63. The monoisotopic (exact) mass is 286 g/mol. The van der Waals surface area contributed by atoms with Gasteiger partial charge in [0.05, 0.1) is 12.5 Å². The molecular weight excluding hydrogens is 264 g/mol. The SMILES string of the molecule is CCCCOc1ccc(C2=CC(=O)[C@@H](C(C)=O)CC2)cc1. The first kappa shape index (κ1) is 15.5. The molecular formula is C18H22O3. The maximum atomic E-state index is 11.9. The van der Waals surface area contributed by atoms with E-state index >= 15 is 0 Å². The van der Waals surface area contributed by atoms with Gasteiger partial charge in [-0.3, -0.25) is 9.59 Å². The summed E-state index contributed by atoms with van der Waals surface area (Å²) in [5, 5.41) is 0. The van der Waals surface area contributed by atoms with Crippen LogP contribution in [0.2, 0.25) is 0 Å². The van der Waals surface area contributed by atoms with Crippen LogP contribution in [0, 0.1) is 5.92 Å². The number of Topliss-reactive ketones (excluding diaryl/α,β-unsaturated/α-hetero) is 1. The van der Waals surface area contributed by atoms with Crippen LogP contribution in [-0.4, -0.2) is 18.2 Å². The highest BCUT2D eigenvalue weighted by Crippen LogP contribution is 2.29. The van der Waals surface area contributed by atoms with Gasteiger partial charge in [-0.15, -0.1) is 0 Å². The Morgan fingerprint density at radius 2 is 2.00 bits per heavy atom. The van der Waals surface area contributed by atoms with Gasteiger partial charge in [-0.2, -0.15) is 0 Å². The van der Waals surface area contributed by atoms with E-state index in [1.54, 1.807) is 6.08 Å². The number of benzene rings is 1. The summed E-state index contributed by atoms with van der Waals surface area (Å²) in [6.45, 7) is 4.36. The highest BCUT2D eigenvalue weighted by molar-refractivity contribution is 6.10. The van der Waals surface area contributed by atoms with Crippen LogP contribution in [0.15, 0.2) is 30.3 Å². The Labute approximate surface area is 126 Å². The largest absolute Gasteiger partial charge is 0.494 e. The van der Waals surface area contributed by atoms with Crippen molar-refractivity contribution in [3.05, 3.63) is 35.9 Å². The van der Waals surface area contributed by atoms with Gasteiger partial charge >= 0.3 is 0 Å². The molecule has 1 atom stereocenters.